The number of nitro benzene ring substituents is 1. The first-order valence-corrected chi connectivity index (χ1v) is 10.8. The number of imide groups is 1. The van der Waals surface area contributed by atoms with Crippen molar-refractivity contribution in [2.24, 2.45) is 0 Å². The fourth-order valence-electron chi connectivity index (χ4n) is 4.22. The summed E-state index contributed by atoms with van der Waals surface area (Å²) in [7, 11) is 0. The first-order valence-electron chi connectivity index (χ1n) is 10.8. The Bertz CT molecular complexity index is 1330. The van der Waals surface area contributed by atoms with Gasteiger partial charge >= 0.3 is 6.16 Å². The fraction of sp³-hybridized carbons (Fsp3) is 0.217. The molecule has 1 aliphatic heterocycles. The average molecular weight is 477 g/mol. The third kappa shape index (κ3) is 4.67. The van der Waals surface area contributed by atoms with Crippen LogP contribution >= 0.6 is 0 Å². The predicted molar refractivity (Wildman–Crippen MR) is 121 cm³/mol. The van der Waals surface area contributed by atoms with Crippen LogP contribution in [-0.2, 0) is 4.74 Å². The lowest BCUT2D eigenvalue weighted by Crippen LogP contribution is -2.19. The van der Waals surface area contributed by atoms with Crippen LogP contribution in [0.5, 0.6) is 5.75 Å². The third-order valence-electron chi connectivity index (χ3n) is 5.93. The monoisotopic (exact) mass is 477 g/mol. The van der Waals surface area contributed by atoms with Crippen molar-refractivity contribution in [1.82, 2.24) is 15.5 Å². The van der Waals surface area contributed by atoms with Crippen LogP contribution < -0.4 is 15.4 Å². The van der Waals surface area contributed by atoms with Gasteiger partial charge in [-0.15, -0.1) is 0 Å². The van der Waals surface area contributed by atoms with Gasteiger partial charge in [-0.3, -0.25) is 30.1 Å². The van der Waals surface area contributed by atoms with Gasteiger partial charge in [0.2, 0.25) is 0 Å². The van der Waals surface area contributed by atoms with E-state index in [2.05, 4.69) is 20.8 Å². The second-order valence-electron chi connectivity index (χ2n) is 8.23. The number of nitrogens with one attached hydrogen (secondary N) is 3. The molecule has 2 heterocycles. The van der Waals surface area contributed by atoms with Crippen LogP contribution in [0.2, 0.25) is 0 Å². The van der Waals surface area contributed by atoms with Crippen molar-refractivity contribution in [3.63, 3.8) is 0 Å². The van der Waals surface area contributed by atoms with Crippen molar-refractivity contribution in [2.45, 2.75) is 31.3 Å². The minimum atomic E-state index is -0.868. The second-order valence-corrected chi connectivity index (χ2v) is 8.23. The maximum absolute atomic E-state index is 12.1. The first kappa shape index (κ1) is 22.1. The molecule has 2 amide bonds. The highest BCUT2D eigenvalue weighted by Gasteiger charge is 2.31. The lowest BCUT2D eigenvalue weighted by Gasteiger charge is -2.12. The maximum atomic E-state index is 12.1. The van der Waals surface area contributed by atoms with Gasteiger partial charge in [-0.2, -0.15) is 5.10 Å². The number of amides is 2. The summed E-state index contributed by atoms with van der Waals surface area (Å²) in [6.45, 7) is 0. The van der Waals surface area contributed by atoms with Gasteiger partial charge in [0, 0.05) is 29.8 Å². The first-order chi connectivity index (χ1) is 16.9. The summed E-state index contributed by atoms with van der Waals surface area (Å²) in [6.07, 6.45) is 0.769. The molecule has 0 saturated heterocycles. The summed E-state index contributed by atoms with van der Waals surface area (Å²) in [5, 5.41) is 23.4. The van der Waals surface area contributed by atoms with Gasteiger partial charge in [0.25, 0.3) is 17.5 Å². The molecule has 0 bridgehead atoms. The number of hydrogen-bond acceptors (Lipinski definition) is 9. The second kappa shape index (κ2) is 8.89. The highest BCUT2D eigenvalue weighted by molar-refractivity contribution is 6.21. The molecule has 1 saturated carbocycles. The number of non-ortho nitro benzene ring substituents is 1. The topological polar surface area (TPSA) is 166 Å². The van der Waals surface area contributed by atoms with Gasteiger partial charge in [-0.05, 0) is 49.6 Å². The molecule has 178 valence electrons. The van der Waals surface area contributed by atoms with Gasteiger partial charge in [-0.25, -0.2) is 4.79 Å². The molecule has 1 aliphatic carbocycles. The normalized spacial score (nSPS) is 18.6. The van der Waals surface area contributed by atoms with E-state index in [-0.39, 0.29) is 23.5 Å². The molecule has 3 N–H and O–H groups in total. The molecule has 1 fully saturated rings. The van der Waals surface area contributed by atoms with Crippen molar-refractivity contribution >= 4 is 35.2 Å². The lowest BCUT2D eigenvalue weighted by atomic mass is 10.0. The van der Waals surface area contributed by atoms with Crippen LogP contribution in [0.3, 0.4) is 0 Å². The Kier molecular flexibility index (Phi) is 5.61. The zero-order chi connectivity index (χ0) is 24.5. The van der Waals surface area contributed by atoms with Crippen molar-refractivity contribution in [2.75, 3.05) is 5.32 Å². The molecule has 0 unspecified atom stereocenters. The van der Waals surface area contributed by atoms with Crippen LogP contribution in [0, 0.1) is 10.1 Å². The predicted octanol–water partition coefficient (Wildman–Crippen LogP) is 3.80. The summed E-state index contributed by atoms with van der Waals surface area (Å²) < 4.78 is 10.5. The van der Waals surface area contributed by atoms with E-state index in [1.807, 2.05) is 6.07 Å². The number of anilines is 2. The molecule has 12 nitrogen and oxygen atoms in total. The Hall–Kier alpha value is -4.74. The highest BCUT2D eigenvalue weighted by Crippen LogP contribution is 2.36. The molecule has 5 rings (SSSR count). The number of benzene rings is 2. The smallest absolute Gasteiger partial charge is 0.431 e. The summed E-state index contributed by atoms with van der Waals surface area (Å²) in [4.78, 5) is 45.8. The number of aromatic amines is 1. The van der Waals surface area contributed by atoms with Crippen LogP contribution in [0.25, 0.3) is 0 Å². The molecule has 3 aromatic rings. The Morgan fingerprint density at radius 1 is 1.06 bits per heavy atom. The Balaban J connectivity index is 1.15. The summed E-state index contributed by atoms with van der Waals surface area (Å²) in [5.41, 5.74) is 1.99. The van der Waals surface area contributed by atoms with Crippen molar-refractivity contribution in [3.8, 4) is 5.75 Å². The van der Waals surface area contributed by atoms with Gasteiger partial charge in [0.1, 0.15) is 17.7 Å². The minimum Gasteiger partial charge on any atom is -0.431 e. The van der Waals surface area contributed by atoms with Gasteiger partial charge < -0.3 is 14.8 Å². The Morgan fingerprint density at radius 2 is 1.83 bits per heavy atom. The average Bonchev–Trinajstić information content (AvgIpc) is 3.54. The van der Waals surface area contributed by atoms with E-state index in [0.29, 0.717) is 35.5 Å². The van der Waals surface area contributed by atoms with Crippen molar-refractivity contribution < 1.29 is 28.8 Å². The molecular weight excluding hydrogens is 458 g/mol. The van der Waals surface area contributed by atoms with E-state index in [0.717, 1.165) is 12.1 Å². The number of carbonyl (C=O) groups excluding carboxylic acids is 3. The van der Waals surface area contributed by atoms with E-state index < -0.39 is 22.9 Å². The number of fused-ring (bicyclic) bond motifs is 1. The van der Waals surface area contributed by atoms with Crippen LogP contribution in [0.4, 0.5) is 22.0 Å². The third-order valence-corrected chi connectivity index (χ3v) is 5.93. The SMILES string of the molecule is O=C(Oc1ccc([N+](=O)[O-])cc1)O[C@@H]1CC[C@H](c2cc(Nc3ccc4c(c3)C(=O)NC4=O)[nH]n2)C1. The molecule has 2 aliphatic rings. The highest BCUT2D eigenvalue weighted by atomic mass is 16.7. The maximum Gasteiger partial charge on any atom is 0.514 e. The number of aromatic nitrogens is 2. The summed E-state index contributed by atoms with van der Waals surface area (Å²) >= 11 is 0. The van der Waals surface area contributed by atoms with E-state index in [9.17, 15) is 24.5 Å². The van der Waals surface area contributed by atoms with Gasteiger partial charge in [0.15, 0.2) is 0 Å². The van der Waals surface area contributed by atoms with Crippen molar-refractivity contribution in [3.05, 3.63) is 75.5 Å². The van der Waals surface area contributed by atoms with E-state index >= 15 is 0 Å². The number of nitrogens with zero attached hydrogens (tertiary/aromatic N) is 2. The minimum absolute atomic E-state index is 0.0717. The zero-order valence-electron chi connectivity index (χ0n) is 18.1. The standard InChI is InChI=1S/C23H19N5O7/c29-21-17-8-2-13(10-18(17)22(30)25-21)24-20-11-19(26-27-20)12-1-5-16(9-12)35-23(31)34-15-6-3-14(4-7-15)28(32)33/h2-4,6-8,10-12,16H,1,5,9H2,(H2,24,26,27)(H,25,29,30)/t12-,16+/m0/s1. The molecule has 0 radical (unpaired) electrons. The largest absolute Gasteiger partial charge is 0.514 e. The Labute approximate surface area is 197 Å². The molecule has 2 aromatic carbocycles. The molecule has 0 spiro atoms. The Morgan fingerprint density at radius 3 is 2.60 bits per heavy atom. The number of carbonyl (C=O) groups is 3. The lowest BCUT2D eigenvalue weighted by molar-refractivity contribution is -0.384. The number of ether oxygens (including phenoxy) is 2. The van der Waals surface area contributed by atoms with Crippen LogP contribution in [0.15, 0.2) is 48.5 Å². The molecule has 12 heteroatoms. The van der Waals surface area contributed by atoms with Gasteiger partial charge in [-0.1, -0.05) is 0 Å². The number of hydrogen-bond donors (Lipinski definition) is 3. The number of H-pyrrole nitrogens is 1. The molecule has 1 aromatic heterocycles. The number of rotatable bonds is 6. The zero-order valence-corrected chi connectivity index (χ0v) is 18.1. The fourth-order valence-corrected chi connectivity index (χ4v) is 4.22. The molecule has 35 heavy (non-hydrogen) atoms. The van der Waals surface area contributed by atoms with Crippen molar-refractivity contribution in [1.29, 1.82) is 0 Å². The summed E-state index contributed by atoms with van der Waals surface area (Å²) in [5.74, 6) is 0.0126. The number of nitro groups is 1. The van der Waals surface area contributed by atoms with E-state index in [1.165, 1.54) is 24.3 Å². The van der Waals surface area contributed by atoms with Gasteiger partial charge in [0.05, 0.1) is 21.7 Å². The summed E-state index contributed by atoms with van der Waals surface area (Å²) in [6, 6.07) is 11.9. The van der Waals surface area contributed by atoms with E-state index in [1.54, 1.807) is 18.2 Å². The van der Waals surface area contributed by atoms with Crippen LogP contribution in [0.1, 0.15) is 51.6 Å². The molecular formula is C23H19N5O7. The quantitative estimate of drug-likeness (QED) is 0.157. The van der Waals surface area contributed by atoms with Crippen LogP contribution in [-0.4, -0.2) is 39.2 Å². The molecule has 2 atom stereocenters. The van der Waals surface area contributed by atoms with E-state index in [4.69, 9.17) is 9.47 Å².